The van der Waals surface area contributed by atoms with Gasteiger partial charge < -0.3 is 9.64 Å². The van der Waals surface area contributed by atoms with E-state index >= 15 is 4.39 Å². The number of ether oxygens (including phenoxy) is 1. The van der Waals surface area contributed by atoms with Gasteiger partial charge in [-0.15, -0.1) is 0 Å². The Morgan fingerprint density at radius 1 is 1.16 bits per heavy atom. The molecule has 38 heavy (non-hydrogen) atoms. The number of pyridine rings is 1. The van der Waals surface area contributed by atoms with Crippen molar-refractivity contribution in [3.63, 3.8) is 0 Å². The van der Waals surface area contributed by atoms with Crippen LogP contribution in [-0.2, 0) is 21.1 Å². The van der Waals surface area contributed by atoms with Gasteiger partial charge in [0.2, 0.25) is 0 Å². The minimum atomic E-state index is -3.49. The lowest BCUT2D eigenvalue weighted by Crippen LogP contribution is -2.48. The summed E-state index contributed by atoms with van der Waals surface area (Å²) in [7, 11) is -3.49. The van der Waals surface area contributed by atoms with E-state index < -0.39 is 51.1 Å². The summed E-state index contributed by atoms with van der Waals surface area (Å²) in [5.41, 5.74) is -0.541. The Morgan fingerprint density at radius 3 is 2.50 bits per heavy atom. The number of carbonyl (C=O) groups excluding carboxylic acids is 1. The highest BCUT2D eigenvalue weighted by Crippen LogP contribution is 2.31. The molecule has 2 N–H and O–H groups in total. The summed E-state index contributed by atoms with van der Waals surface area (Å²) in [6, 6.07) is 9.03. The summed E-state index contributed by atoms with van der Waals surface area (Å²) >= 11 is 0. The van der Waals surface area contributed by atoms with Gasteiger partial charge in [0.15, 0.2) is 0 Å². The van der Waals surface area contributed by atoms with E-state index in [0.29, 0.717) is 12.5 Å². The second-order valence-corrected chi connectivity index (χ2v) is 12.0. The molecule has 0 radical (unpaired) electrons. The van der Waals surface area contributed by atoms with Crippen molar-refractivity contribution in [2.24, 2.45) is 0 Å². The minimum absolute atomic E-state index is 0.00636. The fourth-order valence-corrected chi connectivity index (χ4v) is 5.80. The van der Waals surface area contributed by atoms with E-state index in [4.69, 9.17) is 9.52 Å². The van der Waals surface area contributed by atoms with Crippen LogP contribution >= 0.6 is 0 Å². The minimum Gasteiger partial charge on any atom is -0.444 e. The van der Waals surface area contributed by atoms with E-state index in [-0.39, 0.29) is 34.6 Å². The van der Waals surface area contributed by atoms with Crippen molar-refractivity contribution in [1.29, 1.82) is 4.78 Å². The number of aromatic nitrogens is 1. The molecule has 1 aromatic heterocycles. The van der Waals surface area contributed by atoms with Gasteiger partial charge in [0.1, 0.15) is 33.0 Å². The predicted molar refractivity (Wildman–Crippen MR) is 137 cm³/mol. The maximum absolute atomic E-state index is 15.7. The van der Waals surface area contributed by atoms with Crippen molar-refractivity contribution in [3.05, 3.63) is 83.9 Å². The molecule has 0 saturated carbocycles. The van der Waals surface area contributed by atoms with Crippen LogP contribution in [0.3, 0.4) is 0 Å². The van der Waals surface area contributed by atoms with Crippen LogP contribution in [0.5, 0.6) is 0 Å². The number of likely N-dealkylation sites (tertiary alicyclic amines) is 1. The quantitative estimate of drug-likeness (QED) is 0.415. The summed E-state index contributed by atoms with van der Waals surface area (Å²) in [5, 5.41) is 0. The maximum Gasteiger partial charge on any atom is 0.410 e. The molecule has 1 unspecified atom stereocenters. The monoisotopic (exact) mass is 546 g/mol. The SMILES string of the molecule is CC(C)(C)OC(=O)N1CC[C@H](NS(=N)(=O)c2cccnc2)[C@@H]1Cc1cccc(-c2cc(F)cc(F)c2)c1F. The molecule has 4 rings (SSSR count). The Balaban J connectivity index is 1.68. The fraction of sp³-hybridized carbons (Fsp3) is 0.333. The molecule has 202 valence electrons. The van der Waals surface area contributed by atoms with Crippen LogP contribution in [0.25, 0.3) is 11.1 Å². The zero-order chi connectivity index (χ0) is 27.7. The number of carbonyl (C=O) groups is 1. The van der Waals surface area contributed by atoms with Gasteiger partial charge >= 0.3 is 6.09 Å². The van der Waals surface area contributed by atoms with Gasteiger partial charge in [-0.1, -0.05) is 18.2 Å². The van der Waals surface area contributed by atoms with Crippen molar-refractivity contribution in [2.75, 3.05) is 6.54 Å². The van der Waals surface area contributed by atoms with Gasteiger partial charge in [-0.3, -0.25) is 4.98 Å². The van der Waals surface area contributed by atoms with Crippen molar-refractivity contribution < 1.29 is 26.9 Å². The summed E-state index contributed by atoms with van der Waals surface area (Å²) in [6.07, 6.45) is 2.54. The Morgan fingerprint density at radius 2 is 1.87 bits per heavy atom. The Kier molecular flexibility index (Phi) is 7.80. The molecule has 2 heterocycles. The molecule has 1 aliphatic heterocycles. The standard InChI is InChI=1S/C27H29F3N4O3S/c1-27(2,3)37-26(35)34-11-9-23(33-38(31,36)21-7-5-10-32-16-21)24(34)14-17-6-4-8-22(25(17)30)18-12-19(28)15-20(29)13-18/h4-8,10,12-13,15-16,23-24H,9,11,14H2,1-3H3,(H2,31,33,36)/t23-,24-,38?/m0/s1. The van der Waals surface area contributed by atoms with Crippen molar-refractivity contribution >= 4 is 16.0 Å². The highest BCUT2D eigenvalue weighted by molar-refractivity contribution is 7.90. The lowest BCUT2D eigenvalue weighted by molar-refractivity contribution is 0.0218. The number of nitrogens with one attached hydrogen (secondary N) is 2. The summed E-state index contributed by atoms with van der Waals surface area (Å²) in [6.45, 7) is 5.42. The van der Waals surface area contributed by atoms with Crippen LogP contribution in [0, 0.1) is 22.2 Å². The van der Waals surface area contributed by atoms with Gasteiger partial charge in [0.05, 0.1) is 10.9 Å². The molecule has 0 bridgehead atoms. The number of hydrogen-bond donors (Lipinski definition) is 2. The number of hydrogen-bond acceptors (Lipinski definition) is 5. The molecule has 1 amide bonds. The molecule has 1 aliphatic rings. The predicted octanol–water partition coefficient (Wildman–Crippen LogP) is 5.70. The molecular weight excluding hydrogens is 517 g/mol. The van der Waals surface area contributed by atoms with E-state index in [1.165, 1.54) is 35.5 Å². The normalized spacial score (nSPS) is 19.3. The number of benzene rings is 2. The van der Waals surface area contributed by atoms with E-state index in [0.717, 1.165) is 12.1 Å². The second-order valence-electron chi connectivity index (χ2n) is 10.1. The number of halogens is 3. The Labute approximate surface area is 220 Å². The summed E-state index contributed by atoms with van der Waals surface area (Å²) < 4.78 is 73.4. The average molecular weight is 547 g/mol. The fourth-order valence-electron chi connectivity index (χ4n) is 4.48. The summed E-state index contributed by atoms with van der Waals surface area (Å²) in [4.78, 5) is 18.6. The number of amides is 1. The van der Waals surface area contributed by atoms with Crippen LogP contribution in [0.4, 0.5) is 18.0 Å². The first-order valence-corrected chi connectivity index (χ1v) is 13.6. The average Bonchev–Trinajstić information content (AvgIpc) is 3.21. The smallest absolute Gasteiger partial charge is 0.410 e. The van der Waals surface area contributed by atoms with Crippen LogP contribution < -0.4 is 4.72 Å². The van der Waals surface area contributed by atoms with Crippen molar-refractivity contribution in [2.45, 2.75) is 56.2 Å². The first-order chi connectivity index (χ1) is 17.8. The van der Waals surface area contributed by atoms with Crippen LogP contribution in [-0.4, -0.2) is 44.4 Å². The first-order valence-electron chi connectivity index (χ1n) is 12.0. The lowest BCUT2D eigenvalue weighted by Gasteiger charge is -2.31. The highest BCUT2D eigenvalue weighted by atomic mass is 32.2. The number of rotatable bonds is 6. The molecule has 2 aromatic carbocycles. The van der Waals surface area contributed by atoms with Gasteiger partial charge in [0, 0.05) is 36.6 Å². The molecule has 11 heteroatoms. The topological polar surface area (TPSA) is 95.4 Å². The van der Waals surface area contributed by atoms with Crippen molar-refractivity contribution in [1.82, 2.24) is 14.6 Å². The largest absolute Gasteiger partial charge is 0.444 e. The molecule has 0 aliphatic carbocycles. The van der Waals surface area contributed by atoms with E-state index in [1.807, 2.05) is 0 Å². The first kappa shape index (κ1) is 27.6. The lowest BCUT2D eigenvalue weighted by atomic mass is 9.96. The molecule has 7 nitrogen and oxygen atoms in total. The van der Waals surface area contributed by atoms with E-state index in [2.05, 4.69) is 9.71 Å². The highest BCUT2D eigenvalue weighted by Gasteiger charge is 2.41. The third kappa shape index (κ3) is 6.33. The Bertz CT molecular complexity index is 1410. The van der Waals surface area contributed by atoms with E-state index in [1.54, 1.807) is 32.9 Å². The molecule has 1 fully saturated rings. The van der Waals surface area contributed by atoms with Gasteiger partial charge in [0.25, 0.3) is 0 Å². The van der Waals surface area contributed by atoms with Gasteiger partial charge in [-0.05, 0) is 69.0 Å². The van der Waals surface area contributed by atoms with Crippen molar-refractivity contribution in [3.8, 4) is 11.1 Å². The van der Waals surface area contributed by atoms with Gasteiger partial charge in [-0.2, -0.15) is 0 Å². The molecule has 3 atom stereocenters. The maximum atomic E-state index is 15.7. The summed E-state index contributed by atoms with van der Waals surface area (Å²) in [5.74, 6) is -2.35. The number of nitrogens with zero attached hydrogens (tertiary/aromatic N) is 2. The molecular formula is C27H29F3N4O3S. The zero-order valence-corrected chi connectivity index (χ0v) is 22.0. The van der Waals surface area contributed by atoms with Crippen LogP contribution in [0.1, 0.15) is 32.8 Å². The van der Waals surface area contributed by atoms with Crippen LogP contribution in [0.15, 0.2) is 65.8 Å². The van der Waals surface area contributed by atoms with Gasteiger partial charge in [-0.25, -0.2) is 31.7 Å². The Hall–Kier alpha value is -3.44. The van der Waals surface area contributed by atoms with E-state index in [9.17, 15) is 17.8 Å². The molecule has 3 aromatic rings. The third-order valence-electron chi connectivity index (χ3n) is 6.14. The molecule has 1 saturated heterocycles. The zero-order valence-electron chi connectivity index (χ0n) is 21.2. The molecule has 0 spiro atoms. The third-order valence-corrected chi connectivity index (χ3v) is 7.68. The second kappa shape index (κ2) is 10.7. The van der Waals surface area contributed by atoms with Crippen LogP contribution in [0.2, 0.25) is 0 Å².